The van der Waals surface area contributed by atoms with Gasteiger partial charge in [0.05, 0.1) is 0 Å². The number of amidine groups is 1. The van der Waals surface area contributed by atoms with E-state index in [2.05, 4.69) is 74.2 Å². The van der Waals surface area contributed by atoms with E-state index in [0.29, 0.717) is 5.71 Å². The topological polar surface area (TPSA) is 54.7 Å². The summed E-state index contributed by atoms with van der Waals surface area (Å²) < 4.78 is 0. The van der Waals surface area contributed by atoms with Crippen LogP contribution in [0.4, 0.5) is 0 Å². The monoisotopic (exact) mass is 353 g/mol. The number of nitrogens with zero attached hydrogens (tertiary/aromatic N) is 3. The van der Waals surface area contributed by atoms with Crippen molar-refractivity contribution in [3.05, 3.63) is 45.7 Å². The van der Waals surface area contributed by atoms with E-state index in [1.165, 1.54) is 28.0 Å². The Labute approximate surface area is 157 Å². The molecule has 0 aliphatic carbocycles. The zero-order valence-electron chi connectivity index (χ0n) is 16.9. The maximum atomic E-state index is 8.67. The summed E-state index contributed by atoms with van der Waals surface area (Å²) in [6.07, 6.45) is 3.05. The van der Waals surface area contributed by atoms with Crippen LogP contribution >= 0.6 is 0 Å². The molecule has 5 nitrogen and oxygen atoms in total. The maximum Gasteiger partial charge on any atom is 0.195 e. The molecule has 2 aliphatic rings. The third-order valence-electron chi connectivity index (χ3n) is 5.45. The summed E-state index contributed by atoms with van der Waals surface area (Å²) in [4.78, 5) is 0. The molecule has 0 saturated heterocycles. The highest BCUT2D eigenvalue weighted by Gasteiger charge is 2.41. The highest BCUT2D eigenvalue weighted by molar-refractivity contribution is 6.47. The van der Waals surface area contributed by atoms with Gasteiger partial charge in [0.15, 0.2) is 12.0 Å². The standard InChI is InChI=1S/C21H31N5/c1-7-9-10-25-16(6)17(8-2)19(22)21-24-23-20(26(21)25)18-14(4)11-13(3)12-15(18)5/h11-12,20,22-23H,7-10H2,1-6H3. The van der Waals surface area contributed by atoms with Gasteiger partial charge < -0.3 is 0 Å². The van der Waals surface area contributed by atoms with Gasteiger partial charge in [0.2, 0.25) is 0 Å². The largest absolute Gasteiger partial charge is 0.297 e. The number of hydrazine groups is 1. The van der Waals surface area contributed by atoms with Crippen LogP contribution in [0.25, 0.3) is 0 Å². The predicted molar refractivity (Wildman–Crippen MR) is 108 cm³/mol. The van der Waals surface area contributed by atoms with Crippen LogP contribution in [-0.2, 0) is 0 Å². The summed E-state index contributed by atoms with van der Waals surface area (Å²) >= 11 is 0. The maximum absolute atomic E-state index is 8.67. The molecular weight excluding hydrogens is 322 g/mol. The first-order valence-electron chi connectivity index (χ1n) is 9.67. The number of hydrazone groups is 1. The van der Waals surface area contributed by atoms with Gasteiger partial charge in [-0.2, -0.15) is 5.10 Å². The normalized spacial score (nSPS) is 19.7. The molecule has 0 fully saturated rings. The summed E-state index contributed by atoms with van der Waals surface area (Å²) in [6, 6.07) is 4.46. The number of aryl methyl sites for hydroxylation is 3. The first-order valence-corrected chi connectivity index (χ1v) is 9.67. The van der Waals surface area contributed by atoms with E-state index in [-0.39, 0.29) is 6.17 Å². The average molecular weight is 354 g/mol. The molecule has 0 saturated carbocycles. The third kappa shape index (κ3) is 2.89. The van der Waals surface area contributed by atoms with Gasteiger partial charge in [-0.1, -0.05) is 38.0 Å². The molecule has 1 aromatic carbocycles. The molecule has 2 N–H and O–H groups in total. The number of benzene rings is 1. The minimum Gasteiger partial charge on any atom is -0.297 e. The Bertz CT molecular complexity index is 767. The second kappa shape index (κ2) is 7.14. The number of fused-ring (bicyclic) bond motifs is 1. The van der Waals surface area contributed by atoms with Crippen LogP contribution in [0, 0.1) is 26.2 Å². The Morgan fingerprint density at radius 2 is 1.77 bits per heavy atom. The Hall–Kier alpha value is -2.30. The Morgan fingerprint density at radius 1 is 1.12 bits per heavy atom. The minimum atomic E-state index is -0.0591. The van der Waals surface area contributed by atoms with E-state index < -0.39 is 0 Å². The smallest absolute Gasteiger partial charge is 0.195 e. The first-order chi connectivity index (χ1) is 12.4. The average Bonchev–Trinajstić information content (AvgIpc) is 2.99. The third-order valence-corrected chi connectivity index (χ3v) is 5.45. The molecule has 0 spiro atoms. The molecule has 0 radical (unpaired) electrons. The van der Waals surface area contributed by atoms with E-state index >= 15 is 0 Å². The predicted octanol–water partition coefficient (Wildman–Crippen LogP) is 4.56. The summed E-state index contributed by atoms with van der Waals surface area (Å²) in [5.41, 5.74) is 11.2. The van der Waals surface area contributed by atoms with Crippen molar-refractivity contribution >= 4 is 11.5 Å². The van der Waals surface area contributed by atoms with E-state index in [4.69, 9.17) is 5.41 Å². The molecule has 3 rings (SSSR count). The van der Waals surface area contributed by atoms with Crippen LogP contribution in [0.2, 0.25) is 0 Å². The van der Waals surface area contributed by atoms with Gasteiger partial charge in [-0.25, -0.2) is 5.01 Å². The SMILES string of the molecule is CCCCN1C(C)=C(CC)C(=N)C2=NNC(c3c(C)cc(C)cc3C)N21. The molecule has 0 amide bonds. The van der Waals surface area contributed by atoms with Crippen molar-refractivity contribution in [1.29, 1.82) is 5.41 Å². The lowest BCUT2D eigenvalue weighted by Gasteiger charge is -2.44. The fourth-order valence-corrected chi connectivity index (χ4v) is 4.23. The lowest BCUT2D eigenvalue weighted by atomic mass is 9.96. The molecule has 5 heteroatoms. The van der Waals surface area contributed by atoms with Crippen molar-refractivity contribution in [2.24, 2.45) is 5.10 Å². The van der Waals surface area contributed by atoms with Gasteiger partial charge in [0.25, 0.3) is 0 Å². The van der Waals surface area contributed by atoms with Gasteiger partial charge in [-0.15, -0.1) is 0 Å². The van der Waals surface area contributed by atoms with Crippen molar-refractivity contribution in [1.82, 2.24) is 15.4 Å². The van der Waals surface area contributed by atoms with E-state index in [1.54, 1.807) is 0 Å². The van der Waals surface area contributed by atoms with Crippen molar-refractivity contribution in [2.75, 3.05) is 6.54 Å². The van der Waals surface area contributed by atoms with Crippen LogP contribution < -0.4 is 5.43 Å². The molecule has 1 unspecified atom stereocenters. The Kier molecular flexibility index (Phi) is 5.08. The Balaban J connectivity index is 2.08. The summed E-state index contributed by atoms with van der Waals surface area (Å²) in [7, 11) is 0. The zero-order valence-corrected chi connectivity index (χ0v) is 16.9. The van der Waals surface area contributed by atoms with Gasteiger partial charge in [0.1, 0.15) is 5.71 Å². The molecular formula is C21H31N5. The van der Waals surface area contributed by atoms with Crippen LogP contribution in [0.3, 0.4) is 0 Å². The minimum absolute atomic E-state index is 0.0591. The van der Waals surface area contributed by atoms with E-state index in [1.807, 2.05) is 0 Å². The first kappa shape index (κ1) is 18.5. The molecule has 140 valence electrons. The van der Waals surface area contributed by atoms with Crippen LogP contribution in [-0.4, -0.2) is 28.1 Å². The van der Waals surface area contributed by atoms with Gasteiger partial charge in [-0.3, -0.25) is 15.8 Å². The van der Waals surface area contributed by atoms with Crippen molar-refractivity contribution in [3.8, 4) is 0 Å². The van der Waals surface area contributed by atoms with Crippen LogP contribution in [0.1, 0.15) is 68.5 Å². The number of unbranched alkanes of at least 4 members (excludes halogenated alkanes) is 1. The lowest BCUT2D eigenvalue weighted by Crippen LogP contribution is -2.53. The second-order valence-electron chi connectivity index (χ2n) is 7.39. The summed E-state index contributed by atoms with van der Waals surface area (Å²) in [6.45, 7) is 13.9. The van der Waals surface area contributed by atoms with Crippen LogP contribution in [0.5, 0.6) is 0 Å². The van der Waals surface area contributed by atoms with E-state index in [0.717, 1.165) is 37.2 Å². The summed E-state index contributed by atoms with van der Waals surface area (Å²) in [5, 5.41) is 17.8. The van der Waals surface area contributed by atoms with Crippen molar-refractivity contribution in [2.45, 2.75) is 67.0 Å². The van der Waals surface area contributed by atoms with Gasteiger partial charge in [0, 0.05) is 23.4 Å². The highest BCUT2D eigenvalue weighted by atomic mass is 15.7. The van der Waals surface area contributed by atoms with Crippen LogP contribution in [0.15, 0.2) is 28.5 Å². The molecule has 1 atom stereocenters. The fraction of sp³-hybridized carbons (Fsp3) is 0.524. The van der Waals surface area contributed by atoms with E-state index in [9.17, 15) is 0 Å². The van der Waals surface area contributed by atoms with Gasteiger partial charge >= 0.3 is 0 Å². The number of hydrogen-bond donors (Lipinski definition) is 2. The van der Waals surface area contributed by atoms with Gasteiger partial charge in [-0.05, 0) is 51.7 Å². The second-order valence-corrected chi connectivity index (χ2v) is 7.39. The molecule has 2 aliphatic heterocycles. The Morgan fingerprint density at radius 3 is 2.35 bits per heavy atom. The number of hydrogen-bond acceptors (Lipinski definition) is 5. The number of rotatable bonds is 5. The number of allylic oxidation sites excluding steroid dienone is 1. The highest BCUT2D eigenvalue weighted by Crippen LogP contribution is 2.36. The quantitative estimate of drug-likeness (QED) is 0.816. The zero-order chi connectivity index (χ0) is 19.0. The molecule has 1 aromatic rings. The number of nitrogens with one attached hydrogen (secondary N) is 2. The van der Waals surface area contributed by atoms with Crippen molar-refractivity contribution < 1.29 is 0 Å². The molecule has 26 heavy (non-hydrogen) atoms. The molecule has 2 heterocycles. The van der Waals surface area contributed by atoms with Crippen molar-refractivity contribution in [3.63, 3.8) is 0 Å². The fourth-order valence-electron chi connectivity index (χ4n) is 4.23. The molecule has 0 aromatic heterocycles. The molecule has 0 bridgehead atoms. The summed E-state index contributed by atoms with van der Waals surface area (Å²) in [5.74, 6) is 0.743. The lowest BCUT2D eigenvalue weighted by molar-refractivity contribution is 0.0399.